The Labute approximate surface area is 173 Å². The van der Waals surface area contributed by atoms with Gasteiger partial charge in [0.25, 0.3) is 10.0 Å². The number of benzene rings is 3. The Morgan fingerprint density at radius 1 is 0.929 bits per heavy atom. The van der Waals surface area contributed by atoms with Gasteiger partial charge in [-0.2, -0.15) is 0 Å². The number of nitrogens with zero attached hydrogens (tertiary/aromatic N) is 1. The zero-order valence-corrected chi connectivity index (χ0v) is 17.6. The second kappa shape index (κ2) is 8.58. The van der Waals surface area contributed by atoms with Crippen LogP contribution in [-0.2, 0) is 21.4 Å². The first-order valence-electron chi connectivity index (χ1n) is 8.56. The lowest BCUT2D eigenvalue weighted by Gasteiger charge is -2.25. The van der Waals surface area contributed by atoms with Crippen LogP contribution >= 0.6 is 15.9 Å². The molecule has 0 aliphatic carbocycles. The van der Waals surface area contributed by atoms with E-state index in [4.69, 9.17) is 0 Å². The van der Waals surface area contributed by atoms with E-state index in [0.29, 0.717) is 11.4 Å². The van der Waals surface area contributed by atoms with Gasteiger partial charge in [-0.05, 0) is 54.1 Å². The van der Waals surface area contributed by atoms with Crippen molar-refractivity contribution in [2.24, 2.45) is 0 Å². The second-order valence-corrected chi connectivity index (χ2v) is 8.96. The van der Waals surface area contributed by atoms with E-state index in [1.54, 1.807) is 24.3 Å². The van der Waals surface area contributed by atoms with Crippen LogP contribution in [-0.4, -0.2) is 14.3 Å². The Bertz CT molecular complexity index is 1050. The lowest BCUT2D eigenvalue weighted by atomic mass is 10.2. The number of rotatable bonds is 6. The molecule has 0 aliphatic rings. The van der Waals surface area contributed by atoms with Crippen molar-refractivity contribution in [2.45, 2.75) is 18.4 Å². The SMILES string of the molecule is CC(=O)Nc1ccc(S(=O)(=O)N(Cc2ccccc2)c2ccc(Br)cc2)cc1. The highest BCUT2D eigenvalue weighted by Crippen LogP contribution is 2.28. The molecule has 0 radical (unpaired) electrons. The zero-order chi connectivity index (χ0) is 20.1. The van der Waals surface area contributed by atoms with E-state index in [9.17, 15) is 13.2 Å². The van der Waals surface area contributed by atoms with Crippen LogP contribution in [0.4, 0.5) is 11.4 Å². The molecule has 28 heavy (non-hydrogen) atoms. The van der Waals surface area contributed by atoms with Crippen molar-refractivity contribution in [3.63, 3.8) is 0 Å². The largest absolute Gasteiger partial charge is 0.326 e. The highest BCUT2D eigenvalue weighted by molar-refractivity contribution is 9.10. The minimum Gasteiger partial charge on any atom is -0.326 e. The van der Waals surface area contributed by atoms with E-state index in [1.807, 2.05) is 42.5 Å². The maximum absolute atomic E-state index is 13.4. The van der Waals surface area contributed by atoms with E-state index in [-0.39, 0.29) is 17.3 Å². The summed E-state index contributed by atoms with van der Waals surface area (Å²) in [6, 6.07) is 22.7. The van der Waals surface area contributed by atoms with Crippen molar-refractivity contribution in [1.82, 2.24) is 0 Å². The summed E-state index contributed by atoms with van der Waals surface area (Å²) in [7, 11) is -3.81. The van der Waals surface area contributed by atoms with Crippen LogP contribution in [0.15, 0.2) is 88.2 Å². The predicted molar refractivity (Wildman–Crippen MR) is 115 cm³/mol. The molecule has 0 aromatic heterocycles. The first-order chi connectivity index (χ1) is 13.4. The normalized spacial score (nSPS) is 11.1. The van der Waals surface area contributed by atoms with Crippen LogP contribution < -0.4 is 9.62 Å². The fourth-order valence-electron chi connectivity index (χ4n) is 2.71. The average molecular weight is 459 g/mol. The Morgan fingerprint density at radius 2 is 1.54 bits per heavy atom. The smallest absolute Gasteiger partial charge is 0.264 e. The summed E-state index contributed by atoms with van der Waals surface area (Å²) < 4.78 is 29.0. The molecular formula is C21H19BrN2O3S. The van der Waals surface area contributed by atoms with Gasteiger partial charge >= 0.3 is 0 Å². The van der Waals surface area contributed by atoms with E-state index in [2.05, 4.69) is 21.2 Å². The molecule has 1 amide bonds. The number of nitrogens with one attached hydrogen (secondary N) is 1. The predicted octanol–water partition coefficient (Wildman–Crippen LogP) is 4.80. The van der Waals surface area contributed by atoms with Gasteiger partial charge < -0.3 is 5.32 Å². The van der Waals surface area contributed by atoms with E-state index < -0.39 is 10.0 Å². The molecule has 7 heteroatoms. The van der Waals surface area contributed by atoms with Crippen molar-refractivity contribution in [2.75, 3.05) is 9.62 Å². The maximum atomic E-state index is 13.4. The van der Waals surface area contributed by atoms with Crippen molar-refractivity contribution in [1.29, 1.82) is 0 Å². The number of carbonyl (C=O) groups is 1. The number of hydrogen-bond donors (Lipinski definition) is 1. The van der Waals surface area contributed by atoms with Crippen molar-refractivity contribution in [3.8, 4) is 0 Å². The summed E-state index contributed by atoms with van der Waals surface area (Å²) in [6.07, 6.45) is 0. The fourth-order valence-corrected chi connectivity index (χ4v) is 4.43. The lowest BCUT2D eigenvalue weighted by molar-refractivity contribution is -0.114. The van der Waals surface area contributed by atoms with Gasteiger partial charge in [0, 0.05) is 17.1 Å². The number of sulfonamides is 1. The highest BCUT2D eigenvalue weighted by Gasteiger charge is 2.25. The minimum atomic E-state index is -3.81. The molecule has 0 fully saturated rings. The van der Waals surface area contributed by atoms with Gasteiger partial charge in [0.05, 0.1) is 17.1 Å². The van der Waals surface area contributed by atoms with Gasteiger partial charge in [-0.25, -0.2) is 8.42 Å². The third-order valence-electron chi connectivity index (χ3n) is 4.05. The van der Waals surface area contributed by atoms with E-state index in [1.165, 1.54) is 23.4 Å². The van der Waals surface area contributed by atoms with E-state index >= 15 is 0 Å². The molecule has 0 aliphatic heterocycles. The Hall–Kier alpha value is -2.64. The first kappa shape index (κ1) is 20.1. The van der Waals surface area contributed by atoms with Crippen LogP contribution in [0.2, 0.25) is 0 Å². The standard InChI is InChI=1S/C21H19BrN2O3S/c1-16(25)23-19-9-13-21(14-10-19)28(26,27)24(15-17-5-3-2-4-6-17)20-11-7-18(22)8-12-20/h2-14H,15H2,1H3,(H,23,25). The number of carbonyl (C=O) groups excluding carboxylic acids is 1. The Balaban J connectivity index is 2.00. The number of amides is 1. The maximum Gasteiger partial charge on any atom is 0.264 e. The highest BCUT2D eigenvalue weighted by atomic mass is 79.9. The van der Waals surface area contributed by atoms with Crippen LogP contribution in [0.5, 0.6) is 0 Å². The monoisotopic (exact) mass is 458 g/mol. The van der Waals surface area contributed by atoms with Gasteiger partial charge in [0.15, 0.2) is 0 Å². The molecular weight excluding hydrogens is 440 g/mol. The van der Waals surface area contributed by atoms with E-state index in [0.717, 1.165) is 10.0 Å². The van der Waals surface area contributed by atoms with Gasteiger partial charge in [-0.1, -0.05) is 46.3 Å². The molecule has 1 N–H and O–H groups in total. The molecule has 0 bridgehead atoms. The lowest BCUT2D eigenvalue weighted by Crippen LogP contribution is -2.30. The van der Waals surface area contributed by atoms with Crippen LogP contribution in [0.25, 0.3) is 0 Å². The summed E-state index contributed by atoms with van der Waals surface area (Å²) in [6.45, 7) is 1.61. The molecule has 0 saturated heterocycles. The third kappa shape index (κ3) is 4.79. The van der Waals surface area contributed by atoms with Crippen LogP contribution in [0.1, 0.15) is 12.5 Å². The molecule has 0 spiro atoms. The quantitative estimate of drug-likeness (QED) is 0.576. The van der Waals surface area contributed by atoms with Gasteiger partial charge in [-0.15, -0.1) is 0 Å². The Kier molecular flexibility index (Phi) is 6.16. The Morgan fingerprint density at radius 3 is 2.11 bits per heavy atom. The first-order valence-corrected chi connectivity index (χ1v) is 10.8. The van der Waals surface area contributed by atoms with Gasteiger partial charge in [0.1, 0.15) is 0 Å². The zero-order valence-electron chi connectivity index (χ0n) is 15.2. The topological polar surface area (TPSA) is 66.5 Å². The average Bonchev–Trinajstić information content (AvgIpc) is 2.68. The van der Waals surface area contributed by atoms with Crippen LogP contribution in [0, 0.1) is 0 Å². The molecule has 3 aromatic carbocycles. The molecule has 0 atom stereocenters. The molecule has 3 rings (SSSR count). The van der Waals surface area contributed by atoms with Crippen molar-refractivity contribution < 1.29 is 13.2 Å². The molecule has 144 valence electrons. The second-order valence-electron chi connectivity index (χ2n) is 6.18. The summed E-state index contributed by atoms with van der Waals surface area (Å²) >= 11 is 3.38. The summed E-state index contributed by atoms with van der Waals surface area (Å²) in [5, 5.41) is 2.64. The summed E-state index contributed by atoms with van der Waals surface area (Å²) in [5.41, 5.74) is 1.99. The van der Waals surface area contributed by atoms with Gasteiger partial charge in [0.2, 0.25) is 5.91 Å². The molecule has 0 heterocycles. The van der Waals surface area contributed by atoms with Gasteiger partial charge in [-0.3, -0.25) is 9.10 Å². The molecule has 5 nitrogen and oxygen atoms in total. The number of hydrogen-bond acceptors (Lipinski definition) is 3. The fraction of sp³-hybridized carbons (Fsp3) is 0.0952. The van der Waals surface area contributed by atoms with Crippen molar-refractivity contribution >= 4 is 43.2 Å². The minimum absolute atomic E-state index is 0.153. The van der Waals surface area contributed by atoms with Crippen molar-refractivity contribution in [3.05, 3.63) is 88.9 Å². The summed E-state index contributed by atoms with van der Waals surface area (Å²) in [5.74, 6) is -0.212. The molecule has 0 saturated carbocycles. The number of halogens is 1. The molecule has 3 aromatic rings. The van der Waals surface area contributed by atoms with Crippen LogP contribution in [0.3, 0.4) is 0 Å². The molecule has 0 unspecified atom stereocenters. The third-order valence-corrected chi connectivity index (χ3v) is 6.36. The number of anilines is 2. The summed E-state index contributed by atoms with van der Waals surface area (Å²) in [4.78, 5) is 11.3.